The highest BCUT2D eigenvalue weighted by atomic mass is 16.5. The van der Waals surface area contributed by atoms with Gasteiger partial charge in [-0.15, -0.1) is 0 Å². The second-order valence-electron chi connectivity index (χ2n) is 5.49. The third-order valence-corrected chi connectivity index (χ3v) is 4.01. The van der Waals surface area contributed by atoms with Gasteiger partial charge in [-0.05, 0) is 35.7 Å². The maximum Gasteiger partial charge on any atom is 0.232 e. The van der Waals surface area contributed by atoms with Crippen LogP contribution in [-0.4, -0.2) is 13.0 Å². The molecule has 3 heteroatoms. The fourth-order valence-electron chi connectivity index (χ4n) is 2.53. The molecule has 2 aromatic rings. The number of carbonyl (C=O) groups is 1. The topological polar surface area (TPSA) is 38.3 Å². The van der Waals surface area contributed by atoms with Gasteiger partial charge >= 0.3 is 0 Å². The molecule has 0 aromatic heterocycles. The van der Waals surface area contributed by atoms with Gasteiger partial charge in [-0.3, -0.25) is 4.79 Å². The molecule has 2 rings (SSSR count). The SMILES string of the molecule is CC[C@H](C)[C@@H](C(=O)Nc1ccc(OC)cc1)c1ccccc1. The van der Waals surface area contributed by atoms with Crippen molar-refractivity contribution in [3.63, 3.8) is 0 Å². The maximum absolute atomic E-state index is 12.7. The molecule has 0 aliphatic rings. The van der Waals surface area contributed by atoms with Crippen molar-refractivity contribution >= 4 is 11.6 Å². The van der Waals surface area contributed by atoms with E-state index in [2.05, 4.69) is 19.2 Å². The summed E-state index contributed by atoms with van der Waals surface area (Å²) in [7, 11) is 1.63. The Morgan fingerprint density at radius 2 is 1.73 bits per heavy atom. The third kappa shape index (κ3) is 3.88. The first-order valence-electron chi connectivity index (χ1n) is 7.65. The van der Waals surface area contributed by atoms with Crippen LogP contribution in [-0.2, 0) is 4.79 Å². The number of hydrogen-bond donors (Lipinski definition) is 1. The lowest BCUT2D eigenvalue weighted by atomic mass is 9.85. The van der Waals surface area contributed by atoms with Crippen molar-refractivity contribution in [1.82, 2.24) is 0 Å². The van der Waals surface area contributed by atoms with Crippen LogP contribution >= 0.6 is 0 Å². The number of hydrogen-bond acceptors (Lipinski definition) is 2. The summed E-state index contributed by atoms with van der Waals surface area (Å²) < 4.78 is 5.13. The Hall–Kier alpha value is -2.29. The normalized spacial score (nSPS) is 13.2. The summed E-state index contributed by atoms with van der Waals surface area (Å²) in [4.78, 5) is 12.7. The molecule has 0 spiro atoms. The average Bonchev–Trinajstić information content (AvgIpc) is 2.56. The Morgan fingerprint density at radius 3 is 2.27 bits per heavy atom. The summed E-state index contributed by atoms with van der Waals surface area (Å²) in [5, 5.41) is 3.01. The van der Waals surface area contributed by atoms with Crippen LogP contribution in [0.15, 0.2) is 54.6 Å². The van der Waals surface area contributed by atoms with Gasteiger partial charge in [0.05, 0.1) is 13.0 Å². The second-order valence-corrected chi connectivity index (χ2v) is 5.49. The van der Waals surface area contributed by atoms with Crippen molar-refractivity contribution in [3.05, 3.63) is 60.2 Å². The minimum absolute atomic E-state index is 0.0331. The monoisotopic (exact) mass is 297 g/mol. The minimum Gasteiger partial charge on any atom is -0.497 e. The molecule has 116 valence electrons. The van der Waals surface area contributed by atoms with Gasteiger partial charge in [0.1, 0.15) is 5.75 Å². The van der Waals surface area contributed by atoms with E-state index < -0.39 is 0 Å². The van der Waals surface area contributed by atoms with Crippen molar-refractivity contribution in [3.8, 4) is 5.75 Å². The highest BCUT2D eigenvalue weighted by molar-refractivity contribution is 5.96. The van der Waals surface area contributed by atoms with E-state index in [1.54, 1.807) is 7.11 Å². The summed E-state index contributed by atoms with van der Waals surface area (Å²) in [6.07, 6.45) is 0.954. The molecule has 0 bridgehead atoms. The number of methoxy groups -OCH3 is 1. The zero-order valence-electron chi connectivity index (χ0n) is 13.4. The lowest BCUT2D eigenvalue weighted by molar-refractivity contribution is -0.118. The van der Waals surface area contributed by atoms with Gasteiger partial charge in [0.2, 0.25) is 5.91 Å². The van der Waals surface area contributed by atoms with Crippen molar-refractivity contribution < 1.29 is 9.53 Å². The number of carbonyl (C=O) groups excluding carboxylic acids is 1. The van der Waals surface area contributed by atoms with Crippen LogP contribution in [0.25, 0.3) is 0 Å². The van der Waals surface area contributed by atoms with Gasteiger partial charge < -0.3 is 10.1 Å². The van der Waals surface area contributed by atoms with Gasteiger partial charge in [0.15, 0.2) is 0 Å². The van der Waals surface area contributed by atoms with Crippen LogP contribution in [0.5, 0.6) is 5.75 Å². The van der Waals surface area contributed by atoms with Gasteiger partial charge in [-0.2, -0.15) is 0 Å². The molecule has 2 atom stereocenters. The van der Waals surface area contributed by atoms with Crippen molar-refractivity contribution in [2.45, 2.75) is 26.2 Å². The zero-order chi connectivity index (χ0) is 15.9. The lowest BCUT2D eigenvalue weighted by Crippen LogP contribution is -2.26. The van der Waals surface area contributed by atoms with Crippen LogP contribution in [0.2, 0.25) is 0 Å². The van der Waals surface area contributed by atoms with Crippen LogP contribution in [0.3, 0.4) is 0 Å². The van der Waals surface area contributed by atoms with Crippen molar-refractivity contribution in [1.29, 1.82) is 0 Å². The molecule has 0 aliphatic carbocycles. The molecule has 1 N–H and O–H groups in total. The van der Waals surface area contributed by atoms with E-state index in [0.29, 0.717) is 0 Å². The van der Waals surface area contributed by atoms with E-state index >= 15 is 0 Å². The molecule has 2 aromatic carbocycles. The Kier molecular flexibility index (Phi) is 5.59. The molecule has 0 heterocycles. The van der Waals surface area contributed by atoms with Crippen molar-refractivity contribution in [2.24, 2.45) is 5.92 Å². The van der Waals surface area contributed by atoms with E-state index in [1.165, 1.54) is 0 Å². The number of benzene rings is 2. The van der Waals surface area contributed by atoms with Gasteiger partial charge in [0, 0.05) is 5.69 Å². The first-order chi connectivity index (χ1) is 10.7. The summed E-state index contributed by atoms with van der Waals surface area (Å²) in [5.41, 5.74) is 1.85. The first-order valence-corrected chi connectivity index (χ1v) is 7.65. The number of ether oxygens (including phenoxy) is 1. The predicted molar refractivity (Wildman–Crippen MR) is 90.3 cm³/mol. The largest absolute Gasteiger partial charge is 0.497 e. The van der Waals surface area contributed by atoms with E-state index in [1.807, 2.05) is 54.6 Å². The fourth-order valence-corrected chi connectivity index (χ4v) is 2.53. The summed E-state index contributed by atoms with van der Waals surface area (Å²) in [6, 6.07) is 17.4. The summed E-state index contributed by atoms with van der Waals surface area (Å²) in [6.45, 7) is 4.23. The molecule has 1 amide bonds. The van der Waals surface area contributed by atoms with Crippen LogP contribution in [0.1, 0.15) is 31.7 Å². The second kappa shape index (κ2) is 7.64. The summed E-state index contributed by atoms with van der Waals surface area (Å²) >= 11 is 0. The molecule has 3 nitrogen and oxygen atoms in total. The highest BCUT2D eigenvalue weighted by Gasteiger charge is 2.25. The van der Waals surface area contributed by atoms with E-state index in [9.17, 15) is 4.79 Å². The fraction of sp³-hybridized carbons (Fsp3) is 0.316. The first kappa shape index (κ1) is 16.1. The van der Waals surface area contributed by atoms with Gasteiger partial charge in [-0.1, -0.05) is 50.6 Å². The Labute approximate surface area is 132 Å². The van der Waals surface area contributed by atoms with Crippen LogP contribution < -0.4 is 10.1 Å². The lowest BCUT2D eigenvalue weighted by Gasteiger charge is -2.22. The van der Waals surface area contributed by atoms with Gasteiger partial charge in [0.25, 0.3) is 0 Å². The van der Waals surface area contributed by atoms with E-state index in [4.69, 9.17) is 4.74 Å². The third-order valence-electron chi connectivity index (χ3n) is 4.01. The molecule has 0 aliphatic heterocycles. The van der Waals surface area contributed by atoms with Crippen LogP contribution in [0.4, 0.5) is 5.69 Å². The minimum atomic E-state index is -0.145. The molecular formula is C19H23NO2. The van der Waals surface area contributed by atoms with E-state index in [0.717, 1.165) is 23.4 Å². The standard InChI is InChI=1S/C19H23NO2/c1-4-14(2)18(15-8-6-5-7-9-15)19(21)20-16-10-12-17(22-3)13-11-16/h5-14,18H,4H2,1-3H3,(H,20,21)/t14-,18+/m0/s1. The van der Waals surface area contributed by atoms with E-state index in [-0.39, 0.29) is 17.7 Å². The molecule has 22 heavy (non-hydrogen) atoms. The molecule has 0 unspecified atom stereocenters. The molecular weight excluding hydrogens is 274 g/mol. The molecule has 0 saturated carbocycles. The van der Waals surface area contributed by atoms with Crippen molar-refractivity contribution in [2.75, 3.05) is 12.4 Å². The Morgan fingerprint density at radius 1 is 1.09 bits per heavy atom. The predicted octanol–water partition coefficient (Wildman–Crippen LogP) is 4.46. The average molecular weight is 297 g/mol. The quantitative estimate of drug-likeness (QED) is 0.854. The zero-order valence-corrected chi connectivity index (χ0v) is 13.4. The number of rotatable bonds is 6. The Balaban J connectivity index is 2.18. The molecule has 0 radical (unpaired) electrons. The number of anilines is 1. The smallest absolute Gasteiger partial charge is 0.232 e. The Bertz CT molecular complexity index is 593. The molecule has 0 fully saturated rings. The summed E-state index contributed by atoms with van der Waals surface area (Å²) in [5.74, 6) is 0.944. The molecule has 0 saturated heterocycles. The highest BCUT2D eigenvalue weighted by Crippen LogP contribution is 2.28. The van der Waals surface area contributed by atoms with Gasteiger partial charge in [-0.25, -0.2) is 0 Å². The van der Waals surface area contributed by atoms with Crippen LogP contribution in [0, 0.1) is 5.92 Å². The number of nitrogens with one attached hydrogen (secondary N) is 1. The maximum atomic E-state index is 12.7. The number of amides is 1.